The lowest BCUT2D eigenvalue weighted by Gasteiger charge is -2.10. The van der Waals surface area contributed by atoms with Crippen LogP contribution in [0.4, 0.5) is 5.82 Å². The minimum atomic E-state index is 0.373. The molecular weight excluding hydrogens is 262 g/mol. The Morgan fingerprint density at radius 1 is 1.19 bits per heavy atom. The molecule has 0 unspecified atom stereocenters. The third kappa shape index (κ3) is 2.17. The fraction of sp³-hybridized carbons (Fsp3) is 0.125. The van der Waals surface area contributed by atoms with Crippen LogP contribution >= 0.6 is 0 Å². The van der Waals surface area contributed by atoms with E-state index in [4.69, 9.17) is 0 Å². The molecule has 0 bridgehead atoms. The number of rotatable bonds is 2. The SMILES string of the molecule is CNc1ncnc(-c2cc3ccccc3nc2C#N)c1C. The number of pyridine rings is 1. The lowest BCUT2D eigenvalue weighted by atomic mass is 10.0. The minimum absolute atomic E-state index is 0.373. The maximum absolute atomic E-state index is 9.39. The number of hydrogen-bond donors (Lipinski definition) is 1. The molecule has 1 N–H and O–H groups in total. The number of nitrogens with one attached hydrogen (secondary N) is 1. The molecule has 0 fully saturated rings. The third-order valence-electron chi connectivity index (χ3n) is 3.41. The van der Waals surface area contributed by atoms with E-state index in [0.717, 1.165) is 33.5 Å². The van der Waals surface area contributed by atoms with Gasteiger partial charge in [-0.1, -0.05) is 18.2 Å². The maximum Gasteiger partial charge on any atom is 0.150 e. The lowest BCUT2D eigenvalue weighted by molar-refractivity contribution is 1.12. The second-order valence-corrected chi connectivity index (χ2v) is 4.63. The van der Waals surface area contributed by atoms with E-state index in [1.165, 1.54) is 6.33 Å². The van der Waals surface area contributed by atoms with E-state index < -0.39 is 0 Å². The maximum atomic E-state index is 9.39. The van der Waals surface area contributed by atoms with Crippen LogP contribution in [0.5, 0.6) is 0 Å². The Balaban J connectivity index is 2.32. The quantitative estimate of drug-likeness (QED) is 0.778. The second kappa shape index (κ2) is 5.17. The number of para-hydroxylation sites is 1. The average molecular weight is 275 g/mol. The molecule has 0 radical (unpaired) electrons. The van der Waals surface area contributed by atoms with Crippen molar-refractivity contribution in [3.63, 3.8) is 0 Å². The Hall–Kier alpha value is -3.00. The fourth-order valence-electron chi connectivity index (χ4n) is 2.36. The van der Waals surface area contributed by atoms with Gasteiger partial charge in [0.2, 0.25) is 0 Å². The van der Waals surface area contributed by atoms with Gasteiger partial charge in [0.25, 0.3) is 0 Å². The van der Waals surface area contributed by atoms with E-state index in [0.29, 0.717) is 5.69 Å². The molecule has 21 heavy (non-hydrogen) atoms. The smallest absolute Gasteiger partial charge is 0.150 e. The van der Waals surface area contributed by atoms with Gasteiger partial charge in [-0.25, -0.2) is 15.0 Å². The van der Waals surface area contributed by atoms with Gasteiger partial charge in [0.1, 0.15) is 18.2 Å². The Morgan fingerprint density at radius 3 is 2.76 bits per heavy atom. The summed E-state index contributed by atoms with van der Waals surface area (Å²) < 4.78 is 0. The molecule has 3 rings (SSSR count). The molecule has 3 aromatic rings. The summed E-state index contributed by atoms with van der Waals surface area (Å²) in [5, 5.41) is 13.4. The highest BCUT2D eigenvalue weighted by atomic mass is 15.0. The first-order valence-electron chi connectivity index (χ1n) is 6.54. The molecule has 1 aromatic carbocycles. The van der Waals surface area contributed by atoms with E-state index in [-0.39, 0.29) is 0 Å². The number of nitriles is 1. The van der Waals surface area contributed by atoms with Crippen molar-refractivity contribution in [1.82, 2.24) is 15.0 Å². The Labute approximate surface area is 122 Å². The number of fused-ring (bicyclic) bond motifs is 1. The van der Waals surface area contributed by atoms with Gasteiger partial charge in [-0.3, -0.25) is 0 Å². The monoisotopic (exact) mass is 275 g/mol. The van der Waals surface area contributed by atoms with Crippen molar-refractivity contribution in [3.05, 3.63) is 47.9 Å². The van der Waals surface area contributed by atoms with Gasteiger partial charge in [0.05, 0.1) is 11.2 Å². The highest BCUT2D eigenvalue weighted by molar-refractivity contribution is 5.86. The summed E-state index contributed by atoms with van der Waals surface area (Å²) in [7, 11) is 1.81. The lowest BCUT2D eigenvalue weighted by Crippen LogP contribution is -2.01. The van der Waals surface area contributed by atoms with Crippen molar-refractivity contribution in [3.8, 4) is 17.3 Å². The summed E-state index contributed by atoms with van der Waals surface area (Å²) in [6.07, 6.45) is 1.49. The predicted molar refractivity (Wildman–Crippen MR) is 81.8 cm³/mol. The molecule has 0 spiro atoms. The minimum Gasteiger partial charge on any atom is -0.373 e. The Morgan fingerprint density at radius 2 is 2.00 bits per heavy atom. The molecule has 5 nitrogen and oxygen atoms in total. The van der Waals surface area contributed by atoms with Gasteiger partial charge in [-0.15, -0.1) is 0 Å². The third-order valence-corrected chi connectivity index (χ3v) is 3.41. The summed E-state index contributed by atoms with van der Waals surface area (Å²) in [5.74, 6) is 0.747. The molecule has 0 amide bonds. The number of aromatic nitrogens is 3. The Kier molecular flexibility index (Phi) is 3.20. The van der Waals surface area contributed by atoms with Crippen LogP contribution in [0, 0.1) is 18.3 Å². The zero-order valence-corrected chi connectivity index (χ0v) is 11.8. The van der Waals surface area contributed by atoms with Crippen LogP contribution in [0.25, 0.3) is 22.2 Å². The molecule has 0 saturated heterocycles. The Bertz CT molecular complexity index is 864. The number of benzene rings is 1. The van der Waals surface area contributed by atoms with Crippen molar-refractivity contribution < 1.29 is 0 Å². The summed E-state index contributed by atoms with van der Waals surface area (Å²) in [5.41, 5.74) is 3.53. The second-order valence-electron chi connectivity index (χ2n) is 4.63. The molecule has 0 atom stereocenters. The molecule has 102 valence electrons. The van der Waals surface area contributed by atoms with Gasteiger partial charge < -0.3 is 5.32 Å². The van der Waals surface area contributed by atoms with E-state index >= 15 is 0 Å². The van der Waals surface area contributed by atoms with Gasteiger partial charge in [-0.05, 0) is 19.1 Å². The summed E-state index contributed by atoms with van der Waals surface area (Å²) >= 11 is 0. The highest BCUT2D eigenvalue weighted by Gasteiger charge is 2.14. The number of anilines is 1. The molecule has 0 aliphatic heterocycles. The van der Waals surface area contributed by atoms with Crippen molar-refractivity contribution in [1.29, 1.82) is 5.26 Å². The number of hydrogen-bond acceptors (Lipinski definition) is 5. The van der Waals surface area contributed by atoms with Crippen LogP contribution in [0.3, 0.4) is 0 Å². The van der Waals surface area contributed by atoms with Crippen LogP contribution < -0.4 is 5.32 Å². The first-order chi connectivity index (χ1) is 10.2. The molecule has 5 heteroatoms. The van der Waals surface area contributed by atoms with Gasteiger partial charge in [0, 0.05) is 23.6 Å². The van der Waals surface area contributed by atoms with Gasteiger partial charge in [0.15, 0.2) is 5.69 Å². The van der Waals surface area contributed by atoms with Crippen molar-refractivity contribution >= 4 is 16.7 Å². The van der Waals surface area contributed by atoms with Crippen LogP contribution in [0.15, 0.2) is 36.7 Å². The highest BCUT2D eigenvalue weighted by Crippen LogP contribution is 2.29. The largest absolute Gasteiger partial charge is 0.373 e. The van der Waals surface area contributed by atoms with Crippen molar-refractivity contribution in [2.24, 2.45) is 0 Å². The summed E-state index contributed by atoms with van der Waals surface area (Å²) in [6.45, 7) is 1.93. The summed E-state index contributed by atoms with van der Waals surface area (Å²) in [4.78, 5) is 12.9. The van der Waals surface area contributed by atoms with E-state index in [2.05, 4.69) is 26.3 Å². The van der Waals surface area contributed by atoms with Crippen LogP contribution in [0.1, 0.15) is 11.3 Å². The van der Waals surface area contributed by atoms with Crippen LogP contribution in [0.2, 0.25) is 0 Å². The zero-order valence-electron chi connectivity index (χ0n) is 11.8. The molecular formula is C16H13N5. The standard InChI is InChI=1S/C16H13N5/c1-10-15(19-9-20-16(10)18-2)12-7-11-5-3-4-6-13(11)21-14(12)8-17/h3-7,9H,1-2H3,(H,18,19,20). The zero-order chi connectivity index (χ0) is 14.8. The van der Waals surface area contributed by atoms with Crippen molar-refractivity contribution in [2.75, 3.05) is 12.4 Å². The fourth-order valence-corrected chi connectivity index (χ4v) is 2.36. The predicted octanol–water partition coefficient (Wildman–Crippen LogP) is 2.91. The van der Waals surface area contributed by atoms with Crippen LogP contribution in [-0.4, -0.2) is 22.0 Å². The average Bonchev–Trinajstić information content (AvgIpc) is 2.54. The molecule has 0 aliphatic rings. The molecule has 2 aromatic heterocycles. The number of nitrogens with zero attached hydrogens (tertiary/aromatic N) is 4. The molecule has 0 saturated carbocycles. The molecule has 0 aliphatic carbocycles. The van der Waals surface area contributed by atoms with E-state index in [9.17, 15) is 5.26 Å². The summed E-state index contributed by atoms with van der Waals surface area (Å²) in [6, 6.07) is 11.8. The van der Waals surface area contributed by atoms with E-state index in [1.807, 2.05) is 44.3 Å². The van der Waals surface area contributed by atoms with Gasteiger partial charge in [-0.2, -0.15) is 5.26 Å². The normalized spacial score (nSPS) is 10.3. The van der Waals surface area contributed by atoms with E-state index in [1.54, 1.807) is 0 Å². The van der Waals surface area contributed by atoms with Gasteiger partial charge >= 0.3 is 0 Å². The first-order valence-corrected chi connectivity index (χ1v) is 6.54. The topological polar surface area (TPSA) is 74.5 Å². The van der Waals surface area contributed by atoms with Crippen molar-refractivity contribution in [2.45, 2.75) is 6.92 Å². The molecule has 2 heterocycles. The van der Waals surface area contributed by atoms with Crippen LogP contribution in [-0.2, 0) is 0 Å². The first kappa shape index (κ1) is 13.0.